The van der Waals surface area contributed by atoms with Crippen LogP contribution in [-0.4, -0.2) is 17.2 Å². The molecule has 19 heavy (non-hydrogen) atoms. The Bertz CT molecular complexity index is 541. The summed E-state index contributed by atoms with van der Waals surface area (Å²) in [5.41, 5.74) is 1.21. The molecule has 1 heterocycles. The lowest BCUT2D eigenvalue weighted by Gasteiger charge is -2.32. The van der Waals surface area contributed by atoms with Crippen LogP contribution in [0.1, 0.15) is 17.5 Å². The van der Waals surface area contributed by atoms with Crippen LogP contribution in [0.15, 0.2) is 60.7 Å². The van der Waals surface area contributed by atoms with Crippen LogP contribution in [-0.2, 0) is 10.2 Å². The Morgan fingerprint density at radius 3 is 1.79 bits per heavy atom. The Hall–Kier alpha value is -2.13. The zero-order valence-electron chi connectivity index (χ0n) is 10.4. The van der Waals surface area contributed by atoms with Crippen LogP contribution in [0, 0.1) is 0 Å². The van der Waals surface area contributed by atoms with Crippen molar-refractivity contribution in [2.24, 2.45) is 0 Å². The van der Waals surface area contributed by atoms with E-state index in [4.69, 9.17) is 0 Å². The molecule has 96 valence electrons. The summed E-state index contributed by atoms with van der Waals surface area (Å²) in [6, 6.07) is 19.4. The lowest BCUT2D eigenvalue weighted by Crippen LogP contribution is -2.41. The highest BCUT2D eigenvalue weighted by molar-refractivity contribution is 5.82. The molecule has 1 saturated heterocycles. The number of amides is 1. The molecule has 1 amide bonds. The van der Waals surface area contributed by atoms with E-state index in [1.54, 1.807) is 0 Å². The first-order valence-electron chi connectivity index (χ1n) is 6.32. The van der Waals surface area contributed by atoms with Gasteiger partial charge in [0.05, 0.1) is 5.41 Å². The van der Waals surface area contributed by atoms with E-state index in [1.165, 1.54) is 0 Å². The number of carbonyl (C=O) groups excluding carboxylic acids is 1. The van der Waals surface area contributed by atoms with Crippen molar-refractivity contribution in [1.29, 1.82) is 0 Å². The fourth-order valence-electron chi connectivity index (χ4n) is 2.83. The second kappa shape index (κ2) is 4.52. The third kappa shape index (κ3) is 1.83. The van der Waals surface area contributed by atoms with Gasteiger partial charge in [-0.1, -0.05) is 60.7 Å². The van der Waals surface area contributed by atoms with Crippen molar-refractivity contribution >= 4 is 5.91 Å². The van der Waals surface area contributed by atoms with Crippen LogP contribution in [0.25, 0.3) is 0 Å². The fraction of sp³-hybridized carbons (Fsp3) is 0.188. The Kier molecular flexibility index (Phi) is 2.84. The molecule has 2 aromatic carbocycles. The van der Waals surface area contributed by atoms with Gasteiger partial charge in [-0.05, 0) is 11.1 Å². The molecule has 0 bridgehead atoms. The normalized spacial score (nSPS) is 21.1. The molecule has 3 rings (SSSR count). The van der Waals surface area contributed by atoms with Crippen LogP contribution in [0.2, 0.25) is 0 Å². The van der Waals surface area contributed by atoms with Gasteiger partial charge >= 0.3 is 0 Å². The van der Waals surface area contributed by atoms with Crippen molar-refractivity contribution < 1.29 is 9.90 Å². The minimum Gasteiger partial charge on any atom is -0.372 e. The summed E-state index contributed by atoms with van der Waals surface area (Å²) in [4.78, 5) is 11.7. The first-order chi connectivity index (χ1) is 9.23. The minimum atomic E-state index is -0.898. The third-order valence-corrected chi connectivity index (χ3v) is 3.78. The van der Waals surface area contributed by atoms with Crippen molar-refractivity contribution in [2.75, 3.05) is 0 Å². The monoisotopic (exact) mass is 253 g/mol. The molecule has 0 spiro atoms. The zero-order chi connectivity index (χ0) is 13.3. The number of hydrogen-bond acceptors (Lipinski definition) is 2. The number of nitrogens with one attached hydrogen (secondary N) is 1. The van der Waals surface area contributed by atoms with Gasteiger partial charge in [0.15, 0.2) is 0 Å². The van der Waals surface area contributed by atoms with Crippen molar-refractivity contribution in [3.8, 4) is 0 Å². The Morgan fingerprint density at radius 1 is 0.947 bits per heavy atom. The van der Waals surface area contributed by atoms with E-state index in [0.29, 0.717) is 0 Å². The molecule has 1 atom stereocenters. The summed E-state index contributed by atoms with van der Waals surface area (Å²) >= 11 is 0. The third-order valence-electron chi connectivity index (χ3n) is 3.78. The molecule has 0 aliphatic carbocycles. The van der Waals surface area contributed by atoms with Crippen molar-refractivity contribution in [1.82, 2.24) is 5.32 Å². The van der Waals surface area contributed by atoms with Crippen LogP contribution in [0.4, 0.5) is 0 Å². The van der Waals surface area contributed by atoms with E-state index >= 15 is 0 Å². The summed E-state index contributed by atoms with van der Waals surface area (Å²) < 4.78 is 0. The van der Waals surface area contributed by atoms with E-state index in [9.17, 15) is 9.90 Å². The van der Waals surface area contributed by atoms with Gasteiger partial charge in [-0.15, -0.1) is 0 Å². The molecule has 0 saturated carbocycles. The molecule has 1 aliphatic rings. The average Bonchev–Trinajstić information content (AvgIpc) is 2.76. The molecule has 0 aromatic heterocycles. The zero-order valence-corrected chi connectivity index (χ0v) is 10.4. The molecule has 0 radical (unpaired) electrons. The summed E-state index contributed by atoms with van der Waals surface area (Å²) in [7, 11) is 0. The topological polar surface area (TPSA) is 49.3 Å². The van der Waals surface area contributed by atoms with Crippen LogP contribution >= 0.6 is 0 Å². The SMILES string of the molecule is O=C1CC(c2ccccc2)(c2ccccc2)C(O)N1. The van der Waals surface area contributed by atoms with Gasteiger partial charge in [0.25, 0.3) is 0 Å². The largest absolute Gasteiger partial charge is 0.372 e. The first kappa shape index (κ1) is 11.9. The smallest absolute Gasteiger partial charge is 0.223 e. The molecule has 3 nitrogen and oxygen atoms in total. The predicted octanol–water partition coefficient (Wildman–Crippen LogP) is 1.81. The number of carbonyl (C=O) groups is 1. The fourth-order valence-corrected chi connectivity index (χ4v) is 2.83. The molecule has 2 N–H and O–H groups in total. The van der Waals surface area contributed by atoms with Gasteiger partial charge in [-0.3, -0.25) is 4.79 Å². The second-order valence-corrected chi connectivity index (χ2v) is 4.85. The maximum absolute atomic E-state index is 11.7. The average molecular weight is 253 g/mol. The Morgan fingerprint density at radius 2 is 1.42 bits per heavy atom. The number of benzene rings is 2. The van der Waals surface area contributed by atoms with Crippen LogP contribution in [0.3, 0.4) is 0 Å². The Labute approximate surface area is 111 Å². The highest BCUT2D eigenvalue weighted by Gasteiger charge is 2.48. The highest BCUT2D eigenvalue weighted by atomic mass is 16.3. The van der Waals surface area contributed by atoms with Gasteiger partial charge < -0.3 is 10.4 Å². The summed E-state index contributed by atoms with van der Waals surface area (Å²) in [6.07, 6.45) is -0.632. The first-order valence-corrected chi connectivity index (χ1v) is 6.32. The number of aliphatic hydroxyl groups is 1. The predicted molar refractivity (Wildman–Crippen MR) is 72.4 cm³/mol. The summed E-state index contributed by atoms with van der Waals surface area (Å²) in [5.74, 6) is -0.125. The standard InChI is InChI=1S/C16H15NO2/c18-14-11-16(15(19)17-14,12-7-3-1-4-8-12)13-9-5-2-6-10-13/h1-10,15,19H,11H2,(H,17,18). The molecular weight excluding hydrogens is 238 g/mol. The van der Waals surface area contributed by atoms with Gasteiger partial charge in [0, 0.05) is 6.42 Å². The molecule has 2 aromatic rings. The van der Waals surface area contributed by atoms with E-state index in [0.717, 1.165) is 11.1 Å². The summed E-state index contributed by atoms with van der Waals surface area (Å²) in [6.45, 7) is 0. The number of aliphatic hydroxyl groups excluding tert-OH is 1. The molecule has 1 fully saturated rings. The minimum absolute atomic E-state index is 0.125. The van der Waals surface area contributed by atoms with E-state index < -0.39 is 11.6 Å². The molecule has 1 unspecified atom stereocenters. The van der Waals surface area contributed by atoms with E-state index in [2.05, 4.69) is 5.32 Å². The van der Waals surface area contributed by atoms with E-state index in [1.807, 2.05) is 60.7 Å². The lowest BCUT2D eigenvalue weighted by molar-refractivity contribution is -0.120. The van der Waals surface area contributed by atoms with Crippen molar-refractivity contribution in [3.05, 3.63) is 71.8 Å². The quantitative estimate of drug-likeness (QED) is 0.857. The van der Waals surface area contributed by atoms with Gasteiger partial charge in [0.1, 0.15) is 6.23 Å². The number of hydrogen-bond donors (Lipinski definition) is 2. The maximum atomic E-state index is 11.7. The maximum Gasteiger partial charge on any atom is 0.223 e. The molecule has 3 heteroatoms. The van der Waals surface area contributed by atoms with Crippen molar-refractivity contribution in [2.45, 2.75) is 18.1 Å². The second-order valence-electron chi connectivity index (χ2n) is 4.85. The highest BCUT2D eigenvalue weighted by Crippen LogP contribution is 2.41. The van der Waals surface area contributed by atoms with Gasteiger partial charge in [-0.2, -0.15) is 0 Å². The lowest BCUT2D eigenvalue weighted by atomic mass is 9.72. The van der Waals surface area contributed by atoms with Crippen LogP contribution < -0.4 is 5.32 Å². The number of rotatable bonds is 2. The molecular formula is C16H15NO2. The summed E-state index contributed by atoms with van der Waals surface area (Å²) in [5, 5.41) is 13.0. The Balaban J connectivity index is 2.20. The van der Waals surface area contributed by atoms with Crippen molar-refractivity contribution in [3.63, 3.8) is 0 Å². The van der Waals surface area contributed by atoms with Gasteiger partial charge in [0.2, 0.25) is 5.91 Å². The van der Waals surface area contributed by atoms with E-state index in [-0.39, 0.29) is 12.3 Å². The van der Waals surface area contributed by atoms with Gasteiger partial charge in [-0.25, -0.2) is 0 Å². The van der Waals surface area contributed by atoms with Crippen LogP contribution in [0.5, 0.6) is 0 Å². The molecule has 1 aliphatic heterocycles.